The van der Waals surface area contributed by atoms with E-state index in [0.717, 1.165) is 35.5 Å². The van der Waals surface area contributed by atoms with Crippen LogP contribution in [0.15, 0.2) is 58.5 Å². The smallest absolute Gasteiger partial charge is 0.159 e. The van der Waals surface area contributed by atoms with E-state index in [4.69, 9.17) is 0 Å². The summed E-state index contributed by atoms with van der Waals surface area (Å²) in [6, 6.07) is 9.45. The minimum Gasteiger partial charge on any atom is -0.292 e. The Hall–Kier alpha value is -2.71. The molecule has 5 nitrogen and oxygen atoms in total. The minimum absolute atomic E-state index is 0.138. The molecule has 0 unspecified atom stereocenters. The number of nitrogens with zero attached hydrogens (tertiary/aromatic N) is 5. The molecule has 0 fully saturated rings. The van der Waals surface area contributed by atoms with Crippen LogP contribution in [0.25, 0.3) is 5.69 Å². The SMILES string of the molecule is C=CCN(CCC)Cc1nnc2n1-c1ccc(Br)cc1C(c1c(F)cccc1F)=NC2. The monoisotopic (exact) mass is 485 g/mol. The summed E-state index contributed by atoms with van der Waals surface area (Å²) in [5, 5.41) is 8.74. The van der Waals surface area contributed by atoms with Gasteiger partial charge in [0.2, 0.25) is 0 Å². The summed E-state index contributed by atoms with van der Waals surface area (Å²) in [5.41, 5.74) is 1.48. The summed E-state index contributed by atoms with van der Waals surface area (Å²) in [5.74, 6) is 0.0741. The molecule has 0 spiro atoms. The van der Waals surface area contributed by atoms with Crippen LogP contribution in [0.3, 0.4) is 0 Å². The molecule has 8 heteroatoms. The molecule has 2 heterocycles. The Morgan fingerprint density at radius 3 is 2.68 bits per heavy atom. The van der Waals surface area contributed by atoms with E-state index in [1.165, 1.54) is 18.2 Å². The first-order chi connectivity index (χ1) is 15.0. The number of rotatable bonds is 7. The molecule has 1 aliphatic rings. The normalized spacial score (nSPS) is 12.9. The van der Waals surface area contributed by atoms with Crippen molar-refractivity contribution in [3.63, 3.8) is 0 Å². The lowest BCUT2D eigenvalue weighted by Crippen LogP contribution is -2.26. The van der Waals surface area contributed by atoms with Crippen molar-refractivity contribution in [3.8, 4) is 5.69 Å². The Morgan fingerprint density at radius 1 is 1.19 bits per heavy atom. The molecular weight excluding hydrogens is 464 g/mol. The molecule has 0 radical (unpaired) electrons. The van der Waals surface area contributed by atoms with E-state index in [1.54, 1.807) is 0 Å². The van der Waals surface area contributed by atoms with Gasteiger partial charge in [-0.1, -0.05) is 35.0 Å². The second-order valence-corrected chi connectivity index (χ2v) is 8.23. The van der Waals surface area contributed by atoms with Crippen molar-refractivity contribution >= 4 is 21.6 Å². The highest BCUT2D eigenvalue weighted by Gasteiger charge is 2.26. The van der Waals surface area contributed by atoms with Crippen LogP contribution < -0.4 is 0 Å². The van der Waals surface area contributed by atoms with E-state index in [-0.39, 0.29) is 17.8 Å². The Bertz CT molecular complexity index is 1130. The quantitative estimate of drug-likeness (QED) is 0.439. The van der Waals surface area contributed by atoms with E-state index in [2.05, 4.69) is 49.5 Å². The third kappa shape index (κ3) is 4.22. The van der Waals surface area contributed by atoms with E-state index >= 15 is 0 Å². The lowest BCUT2D eigenvalue weighted by molar-refractivity contribution is 0.286. The molecule has 0 saturated carbocycles. The molecule has 160 valence electrons. The highest BCUT2D eigenvalue weighted by Crippen LogP contribution is 2.30. The molecule has 1 aliphatic heterocycles. The standard InChI is InChI=1S/C23H22BrF2N5/c1-3-10-30(11-4-2)14-21-29-28-20-13-27-23(22-17(25)6-5-7-18(22)26)16-12-15(24)8-9-19(16)31(20)21/h3,5-9,12H,1,4,10-11,13-14H2,2H3. The first-order valence-corrected chi connectivity index (χ1v) is 10.9. The number of fused-ring (bicyclic) bond motifs is 3. The van der Waals surface area contributed by atoms with Crippen molar-refractivity contribution in [1.82, 2.24) is 19.7 Å². The Labute approximate surface area is 188 Å². The molecule has 1 aromatic heterocycles. The van der Waals surface area contributed by atoms with Crippen molar-refractivity contribution in [2.75, 3.05) is 13.1 Å². The zero-order valence-corrected chi connectivity index (χ0v) is 18.7. The lowest BCUT2D eigenvalue weighted by atomic mass is 9.99. The average Bonchev–Trinajstić information content (AvgIpc) is 3.05. The lowest BCUT2D eigenvalue weighted by Gasteiger charge is -2.20. The van der Waals surface area contributed by atoms with Crippen LogP contribution in [0.5, 0.6) is 0 Å². The van der Waals surface area contributed by atoms with Gasteiger partial charge in [-0.05, 0) is 43.3 Å². The molecule has 0 atom stereocenters. The molecule has 0 amide bonds. The Kier molecular flexibility index (Phi) is 6.38. The van der Waals surface area contributed by atoms with Gasteiger partial charge in [-0.2, -0.15) is 0 Å². The predicted molar refractivity (Wildman–Crippen MR) is 121 cm³/mol. The van der Waals surface area contributed by atoms with Gasteiger partial charge in [0.05, 0.1) is 23.5 Å². The van der Waals surface area contributed by atoms with Crippen LogP contribution >= 0.6 is 15.9 Å². The van der Waals surface area contributed by atoms with Crippen molar-refractivity contribution in [2.45, 2.75) is 26.4 Å². The maximum absolute atomic E-state index is 14.7. The third-order valence-electron chi connectivity index (χ3n) is 5.12. The summed E-state index contributed by atoms with van der Waals surface area (Å²) in [7, 11) is 0. The molecular formula is C23H22BrF2N5. The molecule has 0 saturated heterocycles. The highest BCUT2D eigenvalue weighted by atomic mass is 79.9. The second kappa shape index (κ2) is 9.20. The molecule has 3 aromatic rings. The Balaban J connectivity index is 1.86. The van der Waals surface area contributed by atoms with Crippen molar-refractivity contribution in [3.05, 3.63) is 87.9 Å². The van der Waals surface area contributed by atoms with Crippen LogP contribution in [-0.4, -0.2) is 38.5 Å². The van der Waals surface area contributed by atoms with Gasteiger partial charge < -0.3 is 0 Å². The summed E-state index contributed by atoms with van der Waals surface area (Å²) in [4.78, 5) is 6.79. The minimum atomic E-state index is -0.650. The molecule has 0 N–H and O–H groups in total. The molecule has 4 rings (SSSR count). The molecule has 2 aromatic carbocycles. The largest absolute Gasteiger partial charge is 0.292 e. The van der Waals surface area contributed by atoms with Gasteiger partial charge in [0.15, 0.2) is 11.6 Å². The maximum atomic E-state index is 14.7. The number of benzene rings is 2. The van der Waals surface area contributed by atoms with Crippen LogP contribution in [0.2, 0.25) is 0 Å². The van der Waals surface area contributed by atoms with Crippen LogP contribution in [0.4, 0.5) is 8.78 Å². The molecule has 0 bridgehead atoms. The van der Waals surface area contributed by atoms with Gasteiger partial charge in [-0.15, -0.1) is 16.8 Å². The highest BCUT2D eigenvalue weighted by molar-refractivity contribution is 9.10. The van der Waals surface area contributed by atoms with Gasteiger partial charge in [0.1, 0.15) is 18.2 Å². The maximum Gasteiger partial charge on any atom is 0.159 e. The summed E-state index contributed by atoms with van der Waals surface area (Å²) in [6.07, 6.45) is 2.86. The fraction of sp³-hybridized carbons (Fsp3) is 0.261. The van der Waals surface area contributed by atoms with Crippen LogP contribution in [0, 0.1) is 11.6 Å². The first kappa shape index (κ1) is 21.5. The summed E-state index contributed by atoms with van der Waals surface area (Å²) >= 11 is 3.48. The fourth-order valence-corrected chi connectivity index (χ4v) is 4.20. The predicted octanol–water partition coefficient (Wildman–Crippen LogP) is 5.06. The number of aromatic nitrogens is 3. The van der Waals surface area contributed by atoms with E-state index < -0.39 is 11.6 Å². The summed E-state index contributed by atoms with van der Waals surface area (Å²) < 4.78 is 32.0. The average molecular weight is 486 g/mol. The van der Waals surface area contributed by atoms with E-state index in [1.807, 2.05) is 28.8 Å². The summed E-state index contributed by atoms with van der Waals surface area (Å²) in [6.45, 7) is 8.32. The third-order valence-corrected chi connectivity index (χ3v) is 5.62. The zero-order chi connectivity index (χ0) is 22.0. The number of halogens is 3. The van der Waals surface area contributed by atoms with Gasteiger partial charge in [-0.3, -0.25) is 14.5 Å². The van der Waals surface area contributed by atoms with Crippen molar-refractivity contribution in [1.29, 1.82) is 0 Å². The van der Waals surface area contributed by atoms with Crippen molar-refractivity contribution in [2.24, 2.45) is 4.99 Å². The second-order valence-electron chi connectivity index (χ2n) is 7.31. The first-order valence-electron chi connectivity index (χ1n) is 10.1. The number of aliphatic imine (C=N–C) groups is 1. The van der Waals surface area contributed by atoms with Gasteiger partial charge in [0.25, 0.3) is 0 Å². The topological polar surface area (TPSA) is 46.3 Å². The molecule has 31 heavy (non-hydrogen) atoms. The van der Waals surface area contributed by atoms with Gasteiger partial charge >= 0.3 is 0 Å². The van der Waals surface area contributed by atoms with E-state index in [0.29, 0.717) is 17.9 Å². The van der Waals surface area contributed by atoms with Crippen LogP contribution in [0.1, 0.15) is 36.1 Å². The fourth-order valence-electron chi connectivity index (χ4n) is 3.84. The zero-order valence-electron chi connectivity index (χ0n) is 17.2. The van der Waals surface area contributed by atoms with E-state index in [9.17, 15) is 8.78 Å². The van der Waals surface area contributed by atoms with Crippen molar-refractivity contribution < 1.29 is 8.78 Å². The van der Waals surface area contributed by atoms with Gasteiger partial charge in [-0.25, -0.2) is 8.78 Å². The number of hydrogen-bond donors (Lipinski definition) is 0. The Morgan fingerprint density at radius 2 is 1.97 bits per heavy atom. The van der Waals surface area contributed by atoms with Crippen LogP contribution in [-0.2, 0) is 13.1 Å². The van der Waals surface area contributed by atoms with Gasteiger partial charge in [0, 0.05) is 16.6 Å². The molecule has 0 aliphatic carbocycles. The number of hydrogen-bond acceptors (Lipinski definition) is 4.